The summed E-state index contributed by atoms with van der Waals surface area (Å²) >= 11 is 0. The number of hydrogen-bond donors (Lipinski definition) is 0. The minimum atomic E-state index is -1.27. The van der Waals surface area contributed by atoms with Gasteiger partial charge >= 0.3 is 5.97 Å². The Hall–Kier alpha value is -4.22. The van der Waals surface area contributed by atoms with Crippen LogP contribution < -0.4 is 0 Å². The van der Waals surface area contributed by atoms with Crippen LogP contribution in [0.5, 0.6) is 0 Å². The monoisotopic (exact) mass is 673 g/mol. The van der Waals surface area contributed by atoms with Crippen LogP contribution in [0.2, 0.25) is 0 Å². The third-order valence-corrected chi connectivity index (χ3v) is 10.4. The highest BCUT2D eigenvalue weighted by Gasteiger charge is 2.59. The van der Waals surface area contributed by atoms with Gasteiger partial charge in [0.25, 0.3) is 5.91 Å². The Morgan fingerprint density at radius 3 is 2.47 bits per heavy atom. The largest absolute Gasteiger partial charge is 0.468 e. The van der Waals surface area contributed by atoms with Gasteiger partial charge in [-0.15, -0.1) is 0 Å². The number of carbonyl (C=O) groups excluding carboxylic acids is 4. The molecule has 3 aliphatic heterocycles. The van der Waals surface area contributed by atoms with E-state index in [4.69, 9.17) is 18.6 Å². The maximum Gasteiger partial charge on any atom is 0.320 e. The second-order valence-electron chi connectivity index (χ2n) is 13.4. The van der Waals surface area contributed by atoms with Crippen LogP contribution in [0.25, 0.3) is 0 Å². The smallest absolute Gasteiger partial charge is 0.320 e. The summed E-state index contributed by atoms with van der Waals surface area (Å²) in [5.74, 6) is -1.52. The lowest BCUT2D eigenvalue weighted by Crippen LogP contribution is -2.61. The number of furan rings is 1. The molecule has 0 spiro atoms. The standard InChI is InChI=1S/C38H47N3O8/c1-27-38(37(45)46-2)24-30(22-34(42)39-17-19-40(20-18-39)36(44)32-14-9-21-48-32)35(43)41(16-15-28-10-5-3-6-11-28)33(38)23-31(49-27)26-47-25-29-12-7-4-8-13-29/h4,7-10,12-14,21,23,27,30-31H,3,5-6,11,15-20,22,24-26H2,1-2H3/t27-,30+,31-,38+/m1/s1. The normalized spacial score (nSPS) is 25.7. The molecule has 0 saturated carbocycles. The van der Waals surface area contributed by atoms with E-state index in [0.29, 0.717) is 51.4 Å². The van der Waals surface area contributed by atoms with Gasteiger partial charge in [-0.25, -0.2) is 0 Å². The molecule has 2 saturated heterocycles. The van der Waals surface area contributed by atoms with E-state index in [0.717, 1.165) is 31.2 Å². The molecular formula is C38H47N3O8. The second kappa shape index (κ2) is 15.6. The number of hydrogen-bond acceptors (Lipinski definition) is 8. The Bertz CT molecular complexity index is 1550. The van der Waals surface area contributed by atoms with Gasteiger partial charge < -0.3 is 33.3 Å². The van der Waals surface area contributed by atoms with Gasteiger partial charge in [0.05, 0.1) is 32.7 Å². The summed E-state index contributed by atoms with van der Waals surface area (Å²) in [6.45, 7) is 4.34. The first-order valence-corrected chi connectivity index (χ1v) is 17.5. The number of carbonyl (C=O) groups is 4. The molecule has 1 aromatic carbocycles. The molecule has 4 atom stereocenters. The fraction of sp³-hybridized carbons (Fsp3) is 0.526. The maximum atomic E-state index is 14.4. The molecule has 0 unspecified atom stereocenters. The summed E-state index contributed by atoms with van der Waals surface area (Å²) in [5, 5.41) is 0. The molecule has 6 rings (SSSR count). The van der Waals surface area contributed by atoms with Crippen molar-refractivity contribution in [2.24, 2.45) is 11.3 Å². The average Bonchev–Trinajstić information content (AvgIpc) is 3.68. The number of benzene rings is 1. The molecule has 1 aromatic heterocycles. The van der Waals surface area contributed by atoms with Crippen molar-refractivity contribution in [2.45, 2.75) is 70.7 Å². The van der Waals surface area contributed by atoms with E-state index < -0.39 is 29.5 Å². The zero-order chi connectivity index (χ0) is 34.4. The predicted octanol–water partition coefficient (Wildman–Crippen LogP) is 4.74. The summed E-state index contributed by atoms with van der Waals surface area (Å²) in [6, 6.07) is 13.2. The van der Waals surface area contributed by atoms with Gasteiger partial charge in [-0.05, 0) is 69.2 Å². The third-order valence-electron chi connectivity index (χ3n) is 10.4. The number of esters is 1. The first-order chi connectivity index (χ1) is 23.8. The van der Waals surface area contributed by atoms with Crippen LogP contribution in [-0.4, -0.2) is 97.0 Å². The molecule has 0 bridgehead atoms. The molecular weight excluding hydrogens is 626 g/mol. The lowest BCUT2D eigenvalue weighted by atomic mass is 9.66. The Balaban J connectivity index is 1.21. The first-order valence-electron chi connectivity index (χ1n) is 17.5. The van der Waals surface area contributed by atoms with E-state index >= 15 is 0 Å². The SMILES string of the molecule is COC(=O)[C@]12C[C@H](CC(=O)N3CCN(C(=O)c4ccco4)CC3)C(=O)N(CCC3=CCCCC3)C1=C[C@H](COCc1ccccc1)O[C@@H]2C. The van der Waals surface area contributed by atoms with Crippen LogP contribution in [0.15, 0.2) is 76.6 Å². The summed E-state index contributed by atoms with van der Waals surface area (Å²) in [6.07, 6.45) is 9.54. The molecule has 2 aromatic rings. The van der Waals surface area contributed by atoms with Gasteiger partial charge in [-0.3, -0.25) is 19.2 Å². The highest BCUT2D eigenvalue weighted by atomic mass is 16.6. The second-order valence-corrected chi connectivity index (χ2v) is 13.4. The number of likely N-dealkylation sites (tertiary alicyclic amines) is 1. The molecule has 1 aliphatic carbocycles. The molecule has 2 fully saturated rings. The van der Waals surface area contributed by atoms with Crippen molar-refractivity contribution in [3.05, 3.63) is 83.5 Å². The zero-order valence-electron chi connectivity index (χ0n) is 28.5. The predicted molar refractivity (Wildman–Crippen MR) is 180 cm³/mol. The van der Waals surface area contributed by atoms with Gasteiger partial charge in [-0.2, -0.15) is 0 Å². The first kappa shape index (κ1) is 34.6. The summed E-state index contributed by atoms with van der Waals surface area (Å²) in [5.41, 5.74) is 1.67. The maximum absolute atomic E-state index is 14.4. The van der Waals surface area contributed by atoms with Crippen molar-refractivity contribution in [3.63, 3.8) is 0 Å². The molecule has 0 radical (unpaired) electrons. The van der Waals surface area contributed by atoms with Gasteiger partial charge in [0.15, 0.2) is 5.76 Å². The van der Waals surface area contributed by atoms with Crippen molar-refractivity contribution >= 4 is 23.7 Å². The van der Waals surface area contributed by atoms with Crippen LogP contribution >= 0.6 is 0 Å². The van der Waals surface area contributed by atoms with Crippen LogP contribution in [0, 0.1) is 11.3 Å². The molecule has 4 heterocycles. The average molecular weight is 674 g/mol. The van der Waals surface area contributed by atoms with Crippen LogP contribution in [-0.2, 0) is 35.2 Å². The van der Waals surface area contributed by atoms with E-state index in [-0.39, 0.29) is 42.9 Å². The Morgan fingerprint density at radius 1 is 1.00 bits per heavy atom. The zero-order valence-corrected chi connectivity index (χ0v) is 28.5. The van der Waals surface area contributed by atoms with Gasteiger partial charge in [-0.1, -0.05) is 42.0 Å². The number of piperidine rings is 1. The molecule has 11 heteroatoms. The van der Waals surface area contributed by atoms with E-state index in [1.807, 2.05) is 43.3 Å². The fourth-order valence-corrected chi connectivity index (χ4v) is 7.69. The highest BCUT2D eigenvalue weighted by Crippen LogP contribution is 2.50. The number of ether oxygens (including phenoxy) is 3. The number of allylic oxidation sites excluding steroid dienone is 1. The van der Waals surface area contributed by atoms with E-state index in [1.165, 1.54) is 18.9 Å². The van der Waals surface area contributed by atoms with Crippen LogP contribution in [0.1, 0.15) is 68.0 Å². The molecule has 11 nitrogen and oxygen atoms in total. The van der Waals surface area contributed by atoms with Gasteiger partial charge in [0.2, 0.25) is 11.8 Å². The van der Waals surface area contributed by atoms with E-state index in [1.54, 1.807) is 26.8 Å². The highest BCUT2D eigenvalue weighted by molar-refractivity contribution is 5.93. The minimum Gasteiger partial charge on any atom is -0.468 e. The van der Waals surface area contributed by atoms with Crippen molar-refractivity contribution in [1.82, 2.24) is 14.7 Å². The van der Waals surface area contributed by atoms with Crippen molar-refractivity contribution in [2.75, 3.05) is 46.4 Å². The van der Waals surface area contributed by atoms with E-state index in [9.17, 15) is 19.2 Å². The van der Waals surface area contributed by atoms with Crippen molar-refractivity contribution in [1.29, 1.82) is 0 Å². The van der Waals surface area contributed by atoms with Gasteiger partial charge in [0, 0.05) is 50.8 Å². The number of amides is 3. The number of methoxy groups -OCH3 is 1. The number of nitrogens with zero attached hydrogens (tertiary/aromatic N) is 3. The minimum absolute atomic E-state index is 0.0491. The number of piperazine rings is 1. The Kier molecular flexibility index (Phi) is 11.0. The lowest BCUT2D eigenvalue weighted by Gasteiger charge is -2.51. The van der Waals surface area contributed by atoms with Crippen LogP contribution in [0.4, 0.5) is 0 Å². The Labute approximate surface area is 287 Å². The molecule has 49 heavy (non-hydrogen) atoms. The van der Waals surface area contributed by atoms with Crippen molar-refractivity contribution < 1.29 is 37.8 Å². The lowest BCUT2D eigenvalue weighted by molar-refractivity contribution is -0.178. The van der Waals surface area contributed by atoms with E-state index in [2.05, 4.69) is 6.08 Å². The Morgan fingerprint density at radius 2 is 1.78 bits per heavy atom. The summed E-state index contributed by atoms with van der Waals surface area (Å²) < 4.78 is 23.2. The molecule has 0 N–H and O–H groups in total. The quantitative estimate of drug-likeness (QED) is 0.248. The fourth-order valence-electron chi connectivity index (χ4n) is 7.69. The number of fused-ring (bicyclic) bond motifs is 1. The summed E-state index contributed by atoms with van der Waals surface area (Å²) in [7, 11) is 1.35. The third kappa shape index (κ3) is 7.52. The summed E-state index contributed by atoms with van der Waals surface area (Å²) in [4.78, 5) is 59.9. The van der Waals surface area contributed by atoms with Crippen LogP contribution in [0.3, 0.4) is 0 Å². The molecule has 4 aliphatic rings. The van der Waals surface area contributed by atoms with Gasteiger partial charge in [0.1, 0.15) is 11.5 Å². The molecule has 3 amide bonds. The number of rotatable bonds is 11. The molecule has 262 valence electrons. The topological polar surface area (TPSA) is 119 Å². The van der Waals surface area contributed by atoms with Crippen molar-refractivity contribution in [3.8, 4) is 0 Å².